The Labute approximate surface area is 221 Å². The lowest BCUT2D eigenvalue weighted by molar-refractivity contribution is -0.384. The van der Waals surface area contributed by atoms with Gasteiger partial charge in [-0.2, -0.15) is 4.31 Å². The van der Waals surface area contributed by atoms with Crippen LogP contribution in [-0.2, 0) is 24.8 Å². The molecule has 0 aromatic heterocycles. The lowest BCUT2D eigenvalue weighted by Gasteiger charge is -2.25. The molecule has 208 valence electrons. The number of nitro groups is 1. The van der Waals surface area contributed by atoms with E-state index >= 15 is 0 Å². The molecule has 0 unspecified atom stereocenters. The molecule has 2 aromatic rings. The van der Waals surface area contributed by atoms with Crippen molar-refractivity contribution < 1.29 is 36.0 Å². The number of anilines is 1. The molecule has 1 N–H and O–H groups in total. The van der Waals surface area contributed by atoms with Gasteiger partial charge in [-0.3, -0.25) is 19.2 Å². The molecule has 1 fully saturated rings. The van der Waals surface area contributed by atoms with E-state index in [2.05, 4.69) is 5.32 Å². The van der Waals surface area contributed by atoms with Gasteiger partial charge in [0, 0.05) is 25.2 Å². The molecule has 13 nitrogen and oxygen atoms in total. The van der Waals surface area contributed by atoms with Gasteiger partial charge in [0.25, 0.3) is 5.69 Å². The van der Waals surface area contributed by atoms with E-state index in [4.69, 9.17) is 9.47 Å². The number of carbonyl (C=O) groups excluding carboxylic acids is 1. The zero-order valence-electron chi connectivity index (χ0n) is 21.0. The number of benzene rings is 2. The van der Waals surface area contributed by atoms with Crippen molar-refractivity contribution in [3.8, 4) is 11.5 Å². The molecule has 1 heterocycles. The molecule has 1 saturated heterocycles. The minimum atomic E-state index is -4.00. The number of non-ortho nitro benzene ring substituents is 1. The minimum Gasteiger partial charge on any atom is -0.495 e. The van der Waals surface area contributed by atoms with Gasteiger partial charge in [0.15, 0.2) is 0 Å². The van der Waals surface area contributed by atoms with Crippen LogP contribution in [0.5, 0.6) is 11.5 Å². The highest BCUT2D eigenvalue weighted by Crippen LogP contribution is 2.33. The first-order chi connectivity index (χ1) is 17.9. The van der Waals surface area contributed by atoms with Crippen molar-refractivity contribution in [1.82, 2.24) is 9.62 Å². The fraction of sp³-hybridized carbons (Fsp3) is 0.435. The van der Waals surface area contributed by atoms with E-state index in [1.807, 2.05) is 0 Å². The van der Waals surface area contributed by atoms with Gasteiger partial charge in [0.05, 0.1) is 29.7 Å². The SMILES string of the molecule is COc1ccc([N+](=O)[O-])cc1N(CC(=O)NCCOc1ccc(S(=O)(=O)N2CCCCC2)cc1)S(C)(=O)=O. The summed E-state index contributed by atoms with van der Waals surface area (Å²) in [7, 11) is -6.28. The summed E-state index contributed by atoms with van der Waals surface area (Å²) in [5, 5.41) is 13.7. The van der Waals surface area contributed by atoms with Gasteiger partial charge in [-0.1, -0.05) is 6.42 Å². The first-order valence-corrected chi connectivity index (χ1v) is 15.0. The summed E-state index contributed by atoms with van der Waals surface area (Å²) in [5.41, 5.74) is -0.506. The summed E-state index contributed by atoms with van der Waals surface area (Å²) in [5.74, 6) is -0.227. The lowest BCUT2D eigenvalue weighted by Crippen LogP contribution is -2.41. The van der Waals surface area contributed by atoms with Crippen LogP contribution in [-0.4, -0.2) is 78.1 Å². The number of sulfonamides is 2. The summed E-state index contributed by atoms with van der Waals surface area (Å²) in [6.07, 6.45) is 3.57. The van der Waals surface area contributed by atoms with Crippen LogP contribution < -0.4 is 19.1 Å². The second-order valence-electron chi connectivity index (χ2n) is 8.52. The monoisotopic (exact) mass is 570 g/mol. The van der Waals surface area contributed by atoms with Crippen LogP contribution in [0.2, 0.25) is 0 Å². The van der Waals surface area contributed by atoms with Gasteiger partial charge in [-0.25, -0.2) is 16.8 Å². The number of hydrogen-bond acceptors (Lipinski definition) is 9. The molecule has 3 rings (SSSR count). The second-order valence-corrected chi connectivity index (χ2v) is 12.4. The highest BCUT2D eigenvalue weighted by molar-refractivity contribution is 7.92. The van der Waals surface area contributed by atoms with Gasteiger partial charge >= 0.3 is 0 Å². The number of ether oxygens (including phenoxy) is 2. The number of nitrogens with zero attached hydrogens (tertiary/aromatic N) is 3. The van der Waals surface area contributed by atoms with Gasteiger partial charge in [-0.15, -0.1) is 0 Å². The molecular formula is C23H30N4O9S2. The normalized spacial score (nSPS) is 14.5. The van der Waals surface area contributed by atoms with Crippen LogP contribution >= 0.6 is 0 Å². The summed E-state index contributed by atoms with van der Waals surface area (Å²) < 4.78 is 63.1. The number of hydrogen-bond donors (Lipinski definition) is 1. The number of carbonyl (C=O) groups is 1. The summed E-state index contributed by atoms with van der Waals surface area (Å²) >= 11 is 0. The first-order valence-electron chi connectivity index (χ1n) is 11.7. The summed E-state index contributed by atoms with van der Waals surface area (Å²) in [6.45, 7) is 0.425. The largest absolute Gasteiger partial charge is 0.495 e. The quantitative estimate of drug-likeness (QED) is 0.227. The average Bonchev–Trinajstić information content (AvgIpc) is 2.89. The zero-order chi connectivity index (χ0) is 27.9. The average molecular weight is 571 g/mol. The fourth-order valence-corrected chi connectivity index (χ4v) is 6.24. The topological polar surface area (TPSA) is 165 Å². The standard InChI is InChI=1S/C23H30N4O9S2/c1-35-22-11-6-18(27(29)30)16-21(22)26(37(2,31)32)17-23(28)24-12-15-36-19-7-9-20(10-8-19)38(33,34)25-13-4-3-5-14-25/h6-11,16H,3-5,12-15,17H2,1-2H3,(H,24,28). The van der Waals surface area contributed by atoms with E-state index in [-0.39, 0.29) is 35.2 Å². The molecule has 0 bridgehead atoms. The predicted molar refractivity (Wildman–Crippen MR) is 139 cm³/mol. The Kier molecular flexibility index (Phi) is 9.51. The van der Waals surface area contributed by atoms with Crippen LogP contribution in [0.4, 0.5) is 11.4 Å². The molecule has 0 saturated carbocycles. The van der Waals surface area contributed by atoms with Crippen molar-refractivity contribution in [1.29, 1.82) is 0 Å². The fourth-order valence-electron chi connectivity index (χ4n) is 3.88. The second kappa shape index (κ2) is 12.4. The van der Waals surface area contributed by atoms with Gasteiger partial charge in [-0.05, 0) is 43.2 Å². The van der Waals surface area contributed by atoms with E-state index in [0.29, 0.717) is 18.8 Å². The first kappa shape index (κ1) is 29.1. The molecule has 1 aliphatic heterocycles. The van der Waals surface area contributed by atoms with Crippen LogP contribution in [0.1, 0.15) is 19.3 Å². The Morgan fingerprint density at radius 3 is 2.32 bits per heavy atom. The van der Waals surface area contributed by atoms with Crippen molar-refractivity contribution in [2.45, 2.75) is 24.2 Å². The Balaban J connectivity index is 1.57. The van der Waals surface area contributed by atoms with Gasteiger partial charge in [0.2, 0.25) is 26.0 Å². The highest BCUT2D eigenvalue weighted by Gasteiger charge is 2.27. The molecule has 1 aliphatic rings. The third-order valence-corrected chi connectivity index (χ3v) is 8.84. The maximum absolute atomic E-state index is 12.7. The smallest absolute Gasteiger partial charge is 0.271 e. The Hall–Kier alpha value is -3.43. The molecule has 15 heteroatoms. The van der Waals surface area contributed by atoms with E-state index in [1.165, 1.54) is 41.7 Å². The molecule has 0 aliphatic carbocycles. The summed E-state index contributed by atoms with van der Waals surface area (Å²) in [6, 6.07) is 9.42. The number of amides is 1. The third kappa shape index (κ3) is 7.33. The van der Waals surface area contributed by atoms with Crippen LogP contribution in [0.15, 0.2) is 47.4 Å². The number of nitro benzene ring substituents is 1. The Morgan fingerprint density at radius 1 is 1.08 bits per heavy atom. The van der Waals surface area contributed by atoms with Crippen LogP contribution in [0, 0.1) is 10.1 Å². The molecule has 38 heavy (non-hydrogen) atoms. The van der Waals surface area contributed by atoms with E-state index in [0.717, 1.165) is 42.0 Å². The van der Waals surface area contributed by atoms with E-state index < -0.39 is 37.4 Å². The lowest BCUT2D eigenvalue weighted by atomic mass is 10.2. The maximum Gasteiger partial charge on any atom is 0.271 e. The van der Waals surface area contributed by atoms with Crippen LogP contribution in [0.3, 0.4) is 0 Å². The van der Waals surface area contributed by atoms with Gasteiger partial charge < -0.3 is 14.8 Å². The summed E-state index contributed by atoms with van der Waals surface area (Å²) in [4.78, 5) is 23.1. The number of nitrogens with one attached hydrogen (secondary N) is 1. The van der Waals surface area contributed by atoms with Crippen molar-refractivity contribution in [3.63, 3.8) is 0 Å². The molecule has 2 aromatic carbocycles. The highest BCUT2D eigenvalue weighted by atomic mass is 32.2. The number of methoxy groups -OCH3 is 1. The Morgan fingerprint density at radius 2 is 1.74 bits per heavy atom. The van der Waals surface area contributed by atoms with Crippen LogP contribution in [0.25, 0.3) is 0 Å². The van der Waals surface area contributed by atoms with E-state index in [9.17, 15) is 31.7 Å². The van der Waals surface area contributed by atoms with Crippen molar-refractivity contribution >= 4 is 37.3 Å². The molecule has 0 atom stereocenters. The maximum atomic E-state index is 12.7. The molecule has 0 spiro atoms. The van der Waals surface area contributed by atoms with Crippen molar-refractivity contribution in [3.05, 3.63) is 52.6 Å². The number of piperidine rings is 1. The van der Waals surface area contributed by atoms with Crippen molar-refractivity contribution in [2.24, 2.45) is 0 Å². The minimum absolute atomic E-state index is 0.0241. The molecule has 0 radical (unpaired) electrons. The van der Waals surface area contributed by atoms with Crippen molar-refractivity contribution in [2.75, 3.05) is 50.5 Å². The predicted octanol–water partition coefficient (Wildman–Crippen LogP) is 1.74. The molecular weight excluding hydrogens is 540 g/mol. The number of rotatable bonds is 12. The Bertz CT molecular complexity index is 1360. The zero-order valence-corrected chi connectivity index (χ0v) is 22.7. The van der Waals surface area contributed by atoms with Gasteiger partial charge in [0.1, 0.15) is 30.3 Å². The third-order valence-electron chi connectivity index (χ3n) is 5.80. The molecule has 1 amide bonds. The van der Waals surface area contributed by atoms with E-state index in [1.54, 1.807) is 0 Å².